The Labute approximate surface area is 147 Å². The molecule has 1 aliphatic heterocycles. The maximum atomic E-state index is 5.94. The molecule has 5 heteroatoms. The molecule has 0 N–H and O–H groups in total. The normalized spacial score (nSPS) is 13.6. The first kappa shape index (κ1) is 15.7. The smallest absolute Gasteiger partial charge is 0.248 e. The monoisotopic (exact) mass is 335 g/mol. The van der Waals surface area contributed by atoms with Crippen LogP contribution in [0.5, 0.6) is 5.75 Å². The van der Waals surface area contributed by atoms with Gasteiger partial charge in [-0.15, -0.1) is 10.2 Å². The molecule has 1 aliphatic rings. The molecule has 0 unspecified atom stereocenters. The Hall–Kier alpha value is -2.82. The van der Waals surface area contributed by atoms with Crippen LogP contribution >= 0.6 is 0 Å². The van der Waals surface area contributed by atoms with Gasteiger partial charge in [-0.3, -0.25) is 0 Å². The second kappa shape index (κ2) is 6.59. The predicted molar refractivity (Wildman–Crippen MR) is 96.8 cm³/mol. The lowest BCUT2D eigenvalue weighted by Gasteiger charge is -2.31. The average Bonchev–Trinajstić information content (AvgIpc) is 3.10. The number of fused-ring (bicyclic) bond motifs is 1. The summed E-state index contributed by atoms with van der Waals surface area (Å²) in [6.45, 7) is 3.59. The summed E-state index contributed by atoms with van der Waals surface area (Å²) in [4.78, 5) is 2.27. The number of aryl methyl sites for hydroxylation is 2. The van der Waals surface area contributed by atoms with Crippen LogP contribution in [0.4, 0.5) is 5.69 Å². The van der Waals surface area contributed by atoms with Gasteiger partial charge >= 0.3 is 0 Å². The van der Waals surface area contributed by atoms with Crippen molar-refractivity contribution in [2.75, 3.05) is 18.6 Å². The van der Waals surface area contributed by atoms with Crippen LogP contribution < -0.4 is 9.64 Å². The first-order valence-electron chi connectivity index (χ1n) is 8.55. The Morgan fingerprint density at radius 3 is 2.84 bits per heavy atom. The van der Waals surface area contributed by atoms with E-state index in [2.05, 4.69) is 21.2 Å². The van der Waals surface area contributed by atoms with Gasteiger partial charge in [0.2, 0.25) is 11.8 Å². The van der Waals surface area contributed by atoms with Crippen LogP contribution in [-0.2, 0) is 13.0 Å². The molecule has 0 saturated heterocycles. The summed E-state index contributed by atoms with van der Waals surface area (Å²) in [6, 6.07) is 14.3. The summed E-state index contributed by atoms with van der Waals surface area (Å²) < 4.78 is 11.5. The Morgan fingerprint density at radius 2 is 2.00 bits per heavy atom. The third-order valence-electron chi connectivity index (χ3n) is 4.66. The van der Waals surface area contributed by atoms with E-state index >= 15 is 0 Å². The van der Waals surface area contributed by atoms with E-state index in [1.54, 1.807) is 7.11 Å². The number of hydrogen-bond acceptors (Lipinski definition) is 5. The number of ether oxygens (including phenoxy) is 1. The molecule has 3 aromatic rings. The maximum Gasteiger partial charge on any atom is 0.248 e. The molecule has 0 fully saturated rings. The van der Waals surface area contributed by atoms with Crippen LogP contribution in [0.1, 0.15) is 23.4 Å². The van der Waals surface area contributed by atoms with E-state index in [9.17, 15) is 0 Å². The van der Waals surface area contributed by atoms with Gasteiger partial charge < -0.3 is 14.1 Å². The highest BCUT2D eigenvalue weighted by Crippen LogP contribution is 2.37. The van der Waals surface area contributed by atoms with E-state index in [1.165, 1.54) is 5.56 Å². The predicted octanol–water partition coefficient (Wildman–Crippen LogP) is 4.01. The highest BCUT2D eigenvalue weighted by atomic mass is 16.5. The van der Waals surface area contributed by atoms with E-state index in [0.717, 1.165) is 42.0 Å². The third kappa shape index (κ3) is 2.97. The van der Waals surface area contributed by atoms with Crippen molar-refractivity contribution < 1.29 is 9.15 Å². The van der Waals surface area contributed by atoms with Gasteiger partial charge in [0, 0.05) is 12.1 Å². The number of aromatic nitrogens is 2. The summed E-state index contributed by atoms with van der Waals surface area (Å²) in [5.41, 5.74) is 4.57. The highest BCUT2D eigenvalue weighted by Gasteiger charge is 2.23. The fraction of sp³-hybridized carbons (Fsp3) is 0.300. The van der Waals surface area contributed by atoms with Crippen molar-refractivity contribution in [2.45, 2.75) is 26.3 Å². The molecule has 0 aliphatic carbocycles. The zero-order valence-corrected chi connectivity index (χ0v) is 14.5. The number of rotatable bonds is 4. The van der Waals surface area contributed by atoms with E-state index in [-0.39, 0.29) is 0 Å². The van der Waals surface area contributed by atoms with Crippen molar-refractivity contribution in [1.29, 1.82) is 0 Å². The van der Waals surface area contributed by atoms with Crippen LogP contribution in [0, 0.1) is 6.92 Å². The minimum atomic E-state index is 0.574. The van der Waals surface area contributed by atoms with Crippen LogP contribution in [0.25, 0.3) is 11.5 Å². The van der Waals surface area contributed by atoms with Gasteiger partial charge in [0.1, 0.15) is 5.75 Å². The molecule has 128 valence electrons. The van der Waals surface area contributed by atoms with Crippen LogP contribution in [0.3, 0.4) is 0 Å². The van der Waals surface area contributed by atoms with Crippen LogP contribution in [0.2, 0.25) is 0 Å². The molecule has 25 heavy (non-hydrogen) atoms. The molecular formula is C20H21N3O2. The Kier molecular flexibility index (Phi) is 4.14. The van der Waals surface area contributed by atoms with Crippen LogP contribution in [0.15, 0.2) is 46.9 Å². The maximum absolute atomic E-state index is 5.94. The lowest BCUT2D eigenvalue weighted by atomic mass is 10.0. The Morgan fingerprint density at radius 1 is 1.12 bits per heavy atom. The number of nitrogens with zero attached hydrogens (tertiary/aromatic N) is 3. The zero-order chi connectivity index (χ0) is 17.2. The fourth-order valence-electron chi connectivity index (χ4n) is 3.43. The van der Waals surface area contributed by atoms with Crippen molar-refractivity contribution >= 4 is 5.69 Å². The van der Waals surface area contributed by atoms with E-state index in [1.807, 2.05) is 43.3 Å². The molecule has 2 heterocycles. The molecule has 4 rings (SSSR count). The third-order valence-corrected chi connectivity index (χ3v) is 4.66. The molecule has 0 spiro atoms. The largest absolute Gasteiger partial charge is 0.495 e. The van der Waals surface area contributed by atoms with Crippen molar-refractivity contribution in [1.82, 2.24) is 10.2 Å². The average molecular weight is 335 g/mol. The van der Waals surface area contributed by atoms with Gasteiger partial charge in [-0.25, -0.2) is 0 Å². The number of benzene rings is 2. The van der Waals surface area contributed by atoms with Gasteiger partial charge in [0.15, 0.2) is 0 Å². The van der Waals surface area contributed by atoms with Gasteiger partial charge in [0.25, 0.3) is 0 Å². The van der Waals surface area contributed by atoms with Crippen molar-refractivity contribution in [3.05, 3.63) is 59.5 Å². The zero-order valence-electron chi connectivity index (χ0n) is 14.5. The standard InChI is InChI=1S/C20H21N3O2/c1-14-7-3-4-10-16(14)20-22-21-18(25-20)13-23-12-6-9-15-8-5-11-17(24-2)19(15)23/h3-5,7-8,10-11H,6,9,12-13H2,1-2H3. The Balaban J connectivity index is 1.62. The van der Waals surface area contributed by atoms with Crippen molar-refractivity contribution in [2.24, 2.45) is 0 Å². The molecule has 0 radical (unpaired) electrons. The topological polar surface area (TPSA) is 51.4 Å². The lowest BCUT2D eigenvalue weighted by molar-refractivity contribution is 0.410. The minimum absolute atomic E-state index is 0.574. The number of methoxy groups -OCH3 is 1. The first-order chi connectivity index (χ1) is 12.3. The minimum Gasteiger partial charge on any atom is -0.495 e. The fourth-order valence-corrected chi connectivity index (χ4v) is 3.43. The molecule has 2 aromatic carbocycles. The van der Waals surface area contributed by atoms with Gasteiger partial charge in [-0.2, -0.15) is 0 Å². The summed E-state index contributed by atoms with van der Waals surface area (Å²) in [7, 11) is 1.71. The van der Waals surface area contributed by atoms with Crippen LogP contribution in [-0.4, -0.2) is 23.9 Å². The molecule has 0 bridgehead atoms. The number of para-hydroxylation sites is 1. The summed E-state index contributed by atoms with van der Waals surface area (Å²) in [6.07, 6.45) is 2.18. The molecule has 0 amide bonds. The number of anilines is 1. The molecule has 5 nitrogen and oxygen atoms in total. The van der Waals surface area contributed by atoms with Crippen molar-refractivity contribution in [3.8, 4) is 17.2 Å². The second-order valence-corrected chi connectivity index (χ2v) is 6.31. The molecule has 1 aromatic heterocycles. The SMILES string of the molecule is COc1cccc2c1N(Cc1nnc(-c3ccccc3C)o1)CCC2. The lowest BCUT2D eigenvalue weighted by Crippen LogP contribution is -2.29. The summed E-state index contributed by atoms with van der Waals surface area (Å²) >= 11 is 0. The highest BCUT2D eigenvalue weighted by molar-refractivity contribution is 5.65. The van der Waals surface area contributed by atoms with Crippen molar-refractivity contribution in [3.63, 3.8) is 0 Å². The molecular weight excluding hydrogens is 314 g/mol. The van der Waals surface area contributed by atoms with Gasteiger partial charge in [0.05, 0.1) is 19.3 Å². The van der Waals surface area contributed by atoms with E-state index < -0.39 is 0 Å². The quantitative estimate of drug-likeness (QED) is 0.721. The first-order valence-corrected chi connectivity index (χ1v) is 8.55. The Bertz CT molecular complexity index is 874. The van der Waals surface area contributed by atoms with Gasteiger partial charge in [-0.1, -0.05) is 30.3 Å². The molecule has 0 saturated carbocycles. The summed E-state index contributed by atoms with van der Waals surface area (Å²) in [5.74, 6) is 2.10. The van der Waals surface area contributed by atoms with E-state index in [4.69, 9.17) is 9.15 Å². The second-order valence-electron chi connectivity index (χ2n) is 6.31. The van der Waals surface area contributed by atoms with E-state index in [0.29, 0.717) is 18.3 Å². The van der Waals surface area contributed by atoms with Gasteiger partial charge in [-0.05, 0) is 43.0 Å². The molecule has 0 atom stereocenters. The number of hydrogen-bond donors (Lipinski definition) is 0. The summed E-state index contributed by atoms with van der Waals surface area (Å²) in [5, 5.41) is 8.49.